The van der Waals surface area contributed by atoms with Gasteiger partial charge >= 0.3 is 0 Å². The molecule has 0 saturated heterocycles. The van der Waals surface area contributed by atoms with E-state index in [9.17, 15) is 0 Å². The maximum Gasteiger partial charge on any atom is 0.119 e. The average Bonchev–Trinajstić information content (AvgIpc) is 2.97. The number of para-hydroxylation sites is 1. The number of alkyl halides is 1. The Kier molecular flexibility index (Phi) is 2.58. The van der Waals surface area contributed by atoms with Gasteiger partial charge in [0.1, 0.15) is 5.75 Å². The third-order valence-electron chi connectivity index (χ3n) is 2.53. The van der Waals surface area contributed by atoms with Gasteiger partial charge in [0.05, 0.1) is 6.61 Å². The van der Waals surface area contributed by atoms with Crippen molar-refractivity contribution in [3.8, 4) is 5.75 Å². The maximum atomic E-state index is 5.69. The molecule has 1 aliphatic carbocycles. The summed E-state index contributed by atoms with van der Waals surface area (Å²) in [6, 6.07) is 10.0. The molecule has 0 aliphatic heterocycles. The molecule has 2 heteroatoms. The zero-order chi connectivity index (χ0) is 9.15. The molecule has 1 fully saturated rings. The topological polar surface area (TPSA) is 9.23 Å². The first-order valence-corrected chi connectivity index (χ1v) is 5.71. The van der Waals surface area contributed by atoms with E-state index in [1.54, 1.807) is 0 Å². The summed E-state index contributed by atoms with van der Waals surface area (Å²) < 4.78 is 5.69. The summed E-state index contributed by atoms with van der Waals surface area (Å²) in [5.41, 5.74) is 0.440. The summed E-state index contributed by atoms with van der Waals surface area (Å²) >= 11 is 3.53. The Balaban J connectivity index is 1.86. The highest BCUT2D eigenvalue weighted by Gasteiger charge is 2.42. The van der Waals surface area contributed by atoms with Crippen LogP contribution < -0.4 is 4.74 Å². The Morgan fingerprint density at radius 1 is 1.23 bits per heavy atom. The summed E-state index contributed by atoms with van der Waals surface area (Å²) in [7, 11) is 0. The van der Waals surface area contributed by atoms with E-state index in [1.807, 2.05) is 30.3 Å². The van der Waals surface area contributed by atoms with Crippen LogP contribution in [0.2, 0.25) is 0 Å². The van der Waals surface area contributed by atoms with Gasteiger partial charge in [-0.3, -0.25) is 0 Å². The SMILES string of the molecule is BrCC1(COc2ccccc2)CC1. The highest BCUT2D eigenvalue weighted by molar-refractivity contribution is 9.09. The van der Waals surface area contributed by atoms with Crippen LogP contribution in [0.3, 0.4) is 0 Å². The molecule has 0 amide bonds. The third-order valence-corrected chi connectivity index (χ3v) is 3.72. The Morgan fingerprint density at radius 3 is 2.46 bits per heavy atom. The summed E-state index contributed by atoms with van der Waals surface area (Å²) in [6.45, 7) is 0.849. The fourth-order valence-corrected chi connectivity index (χ4v) is 1.97. The van der Waals surface area contributed by atoms with Crippen LogP contribution in [0.1, 0.15) is 12.8 Å². The fourth-order valence-electron chi connectivity index (χ4n) is 1.25. The molecule has 1 nitrogen and oxygen atoms in total. The summed E-state index contributed by atoms with van der Waals surface area (Å²) in [5.74, 6) is 0.981. The van der Waals surface area contributed by atoms with Gasteiger partial charge in [0, 0.05) is 10.7 Å². The largest absolute Gasteiger partial charge is 0.493 e. The number of hydrogen-bond acceptors (Lipinski definition) is 1. The normalized spacial score (nSPS) is 18.2. The third kappa shape index (κ3) is 2.25. The van der Waals surface area contributed by atoms with Crippen molar-refractivity contribution in [1.29, 1.82) is 0 Å². The van der Waals surface area contributed by atoms with Crippen LogP contribution in [-0.4, -0.2) is 11.9 Å². The van der Waals surface area contributed by atoms with E-state index in [4.69, 9.17) is 4.74 Å². The van der Waals surface area contributed by atoms with Crippen LogP contribution in [0.5, 0.6) is 5.75 Å². The average molecular weight is 241 g/mol. The van der Waals surface area contributed by atoms with Gasteiger partial charge in [-0.25, -0.2) is 0 Å². The van der Waals surface area contributed by atoms with Crippen molar-refractivity contribution in [2.45, 2.75) is 12.8 Å². The van der Waals surface area contributed by atoms with E-state index in [2.05, 4.69) is 15.9 Å². The number of benzene rings is 1. The molecule has 0 unspecified atom stereocenters. The minimum atomic E-state index is 0.440. The quantitative estimate of drug-likeness (QED) is 0.735. The van der Waals surface area contributed by atoms with Crippen LogP contribution in [0, 0.1) is 5.41 Å². The highest BCUT2D eigenvalue weighted by Crippen LogP contribution is 2.47. The summed E-state index contributed by atoms with van der Waals surface area (Å²) in [4.78, 5) is 0. The minimum absolute atomic E-state index is 0.440. The first kappa shape index (κ1) is 9.07. The van der Waals surface area contributed by atoms with Gasteiger partial charge in [-0.1, -0.05) is 34.1 Å². The van der Waals surface area contributed by atoms with Gasteiger partial charge in [0.2, 0.25) is 0 Å². The highest BCUT2D eigenvalue weighted by atomic mass is 79.9. The molecule has 1 aromatic carbocycles. The van der Waals surface area contributed by atoms with E-state index in [-0.39, 0.29) is 0 Å². The number of halogens is 1. The predicted octanol–water partition coefficient (Wildman–Crippen LogP) is 3.24. The molecule has 13 heavy (non-hydrogen) atoms. The molecule has 0 N–H and O–H groups in total. The number of hydrogen-bond donors (Lipinski definition) is 0. The van der Waals surface area contributed by atoms with Crippen molar-refractivity contribution in [2.24, 2.45) is 5.41 Å². The van der Waals surface area contributed by atoms with Crippen molar-refractivity contribution in [1.82, 2.24) is 0 Å². The molecule has 2 rings (SSSR count). The van der Waals surface area contributed by atoms with Crippen molar-refractivity contribution in [3.63, 3.8) is 0 Å². The summed E-state index contributed by atoms with van der Waals surface area (Å²) in [5, 5.41) is 1.06. The van der Waals surface area contributed by atoms with E-state index in [1.165, 1.54) is 12.8 Å². The Bertz CT molecular complexity index is 267. The van der Waals surface area contributed by atoms with Crippen LogP contribution in [0.25, 0.3) is 0 Å². The Labute approximate surface area is 87.2 Å². The van der Waals surface area contributed by atoms with Crippen molar-refractivity contribution >= 4 is 15.9 Å². The predicted molar refractivity (Wildman–Crippen MR) is 57.4 cm³/mol. The lowest BCUT2D eigenvalue weighted by molar-refractivity contribution is 0.251. The second-order valence-corrected chi connectivity index (χ2v) is 4.30. The monoisotopic (exact) mass is 240 g/mol. The molecule has 0 atom stereocenters. The molecular formula is C11H13BrO. The van der Waals surface area contributed by atoms with E-state index >= 15 is 0 Å². The maximum absolute atomic E-state index is 5.69. The fraction of sp³-hybridized carbons (Fsp3) is 0.455. The molecule has 70 valence electrons. The standard InChI is InChI=1S/C11H13BrO/c12-8-11(6-7-11)9-13-10-4-2-1-3-5-10/h1-5H,6-9H2. The van der Waals surface area contributed by atoms with E-state index in [0.717, 1.165) is 17.7 Å². The van der Waals surface area contributed by atoms with Gasteiger partial charge in [-0.2, -0.15) is 0 Å². The van der Waals surface area contributed by atoms with Crippen LogP contribution in [-0.2, 0) is 0 Å². The molecule has 1 aliphatic rings. The smallest absolute Gasteiger partial charge is 0.119 e. The lowest BCUT2D eigenvalue weighted by atomic mass is 10.2. The van der Waals surface area contributed by atoms with Crippen LogP contribution >= 0.6 is 15.9 Å². The summed E-state index contributed by atoms with van der Waals surface area (Å²) in [6.07, 6.45) is 2.59. The van der Waals surface area contributed by atoms with Gasteiger partial charge in [0.25, 0.3) is 0 Å². The lowest BCUT2D eigenvalue weighted by Crippen LogP contribution is -2.14. The van der Waals surface area contributed by atoms with Gasteiger partial charge in [-0.05, 0) is 25.0 Å². The molecule has 0 spiro atoms. The molecule has 0 aromatic heterocycles. The zero-order valence-corrected chi connectivity index (χ0v) is 9.09. The van der Waals surface area contributed by atoms with E-state index in [0.29, 0.717) is 5.41 Å². The number of rotatable bonds is 4. The molecule has 1 saturated carbocycles. The molecule has 0 heterocycles. The van der Waals surface area contributed by atoms with Gasteiger partial charge in [0.15, 0.2) is 0 Å². The van der Waals surface area contributed by atoms with Gasteiger partial charge in [-0.15, -0.1) is 0 Å². The molecular weight excluding hydrogens is 228 g/mol. The molecule has 1 aromatic rings. The molecule has 0 bridgehead atoms. The minimum Gasteiger partial charge on any atom is -0.493 e. The second kappa shape index (κ2) is 3.70. The van der Waals surface area contributed by atoms with Crippen LogP contribution in [0.4, 0.5) is 0 Å². The van der Waals surface area contributed by atoms with Crippen molar-refractivity contribution in [3.05, 3.63) is 30.3 Å². The first-order valence-electron chi connectivity index (χ1n) is 4.58. The lowest BCUT2D eigenvalue weighted by Gasteiger charge is -2.12. The zero-order valence-electron chi connectivity index (χ0n) is 7.50. The Hall–Kier alpha value is -0.500. The van der Waals surface area contributed by atoms with Crippen molar-refractivity contribution in [2.75, 3.05) is 11.9 Å². The first-order chi connectivity index (χ1) is 6.35. The molecule has 0 radical (unpaired) electrons. The van der Waals surface area contributed by atoms with Crippen LogP contribution in [0.15, 0.2) is 30.3 Å². The number of ether oxygens (including phenoxy) is 1. The second-order valence-electron chi connectivity index (χ2n) is 3.74. The van der Waals surface area contributed by atoms with E-state index < -0.39 is 0 Å². The van der Waals surface area contributed by atoms with Crippen molar-refractivity contribution < 1.29 is 4.74 Å². The van der Waals surface area contributed by atoms with Gasteiger partial charge < -0.3 is 4.74 Å². The Morgan fingerprint density at radius 2 is 1.92 bits per heavy atom.